The highest BCUT2D eigenvalue weighted by Gasteiger charge is 2.31. The predicted octanol–water partition coefficient (Wildman–Crippen LogP) is 1.72. The van der Waals surface area contributed by atoms with Gasteiger partial charge in [-0.2, -0.15) is 0 Å². The number of hydrogen-bond donors (Lipinski definition) is 2. The maximum atomic E-state index is 12.1. The molecule has 4 heteroatoms. The third-order valence-corrected chi connectivity index (χ3v) is 3.47. The summed E-state index contributed by atoms with van der Waals surface area (Å²) >= 11 is 0. The van der Waals surface area contributed by atoms with E-state index in [0.29, 0.717) is 24.5 Å². The van der Waals surface area contributed by atoms with Crippen LogP contribution in [0.3, 0.4) is 0 Å². The molecular formula is C15H21NO3. The van der Waals surface area contributed by atoms with E-state index in [0.717, 1.165) is 18.4 Å². The second-order valence-corrected chi connectivity index (χ2v) is 5.06. The van der Waals surface area contributed by atoms with Crippen LogP contribution in [0.2, 0.25) is 0 Å². The zero-order valence-electron chi connectivity index (χ0n) is 11.3. The van der Waals surface area contributed by atoms with E-state index in [4.69, 9.17) is 9.84 Å². The Labute approximate surface area is 113 Å². The fraction of sp³-hybridized carbons (Fsp3) is 0.533. The second kappa shape index (κ2) is 6.68. The first-order valence-corrected chi connectivity index (χ1v) is 6.74. The van der Waals surface area contributed by atoms with Gasteiger partial charge in [-0.25, -0.2) is 0 Å². The third kappa shape index (κ3) is 4.04. The number of aliphatic hydroxyl groups is 1. The molecular weight excluding hydrogens is 242 g/mol. The van der Waals surface area contributed by atoms with E-state index < -0.39 is 0 Å². The summed E-state index contributed by atoms with van der Waals surface area (Å²) in [6.45, 7) is 0.672. The van der Waals surface area contributed by atoms with Gasteiger partial charge in [0.1, 0.15) is 0 Å². The van der Waals surface area contributed by atoms with Crippen LogP contribution in [0.4, 0.5) is 0 Å². The maximum absolute atomic E-state index is 12.1. The molecule has 1 fully saturated rings. The van der Waals surface area contributed by atoms with E-state index in [1.54, 1.807) is 7.11 Å². The molecule has 104 valence electrons. The first kappa shape index (κ1) is 14.0. The van der Waals surface area contributed by atoms with Gasteiger partial charge in [-0.1, -0.05) is 12.1 Å². The van der Waals surface area contributed by atoms with Crippen LogP contribution in [0, 0.1) is 5.92 Å². The van der Waals surface area contributed by atoms with Gasteiger partial charge in [0.15, 0.2) is 0 Å². The van der Waals surface area contributed by atoms with Crippen molar-refractivity contribution in [3.8, 4) is 0 Å². The lowest BCUT2D eigenvalue weighted by Crippen LogP contribution is -2.37. The highest BCUT2D eigenvalue weighted by atomic mass is 16.5. The molecule has 19 heavy (non-hydrogen) atoms. The quantitative estimate of drug-likeness (QED) is 0.787. The van der Waals surface area contributed by atoms with E-state index >= 15 is 0 Å². The van der Waals surface area contributed by atoms with Gasteiger partial charge in [-0.3, -0.25) is 4.79 Å². The standard InChI is InChI=1S/C15H21NO3/c1-19-10-11-2-4-13(5-3-11)15(18)16-14(8-9-17)12-6-7-12/h2-5,12,14,17H,6-10H2,1H3,(H,16,18). The van der Waals surface area contributed by atoms with E-state index in [2.05, 4.69) is 5.32 Å². The van der Waals surface area contributed by atoms with Crippen molar-refractivity contribution < 1.29 is 14.6 Å². The van der Waals surface area contributed by atoms with Crippen molar-refractivity contribution in [1.82, 2.24) is 5.32 Å². The van der Waals surface area contributed by atoms with Crippen molar-refractivity contribution in [2.75, 3.05) is 13.7 Å². The zero-order valence-corrected chi connectivity index (χ0v) is 11.3. The molecule has 0 bridgehead atoms. The van der Waals surface area contributed by atoms with Gasteiger partial charge in [0.2, 0.25) is 0 Å². The van der Waals surface area contributed by atoms with Gasteiger partial charge in [0.05, 0.1) is 6.61 Å². The number of nitrogens with one attached hydrogen (secondary N) is 1. The van der Waals surface area contributed by atoms with Crippen LogP contribution in [0.1, 0.15) is 35.2 Å². The molecule has 1 aromatic carbocycles. The average Bonchev–Trinajstić information content (AvgIpc) is 3.24. The summed E-state index contributed by atoms with van der Waals surface area (Å²) in [6, 6.07) is 7.53. The van der Waals surface area contributed by atoms with Crippen molar-refractivity contribution in [1.29, 1.82) is 0 Å². The Kier molecular flexibility index (Phi) is 4.93. The minimum Gasteiger partial charge on any atom is -0.396 e. The lowest BCUT2D eigenvalue weighted by Gasteiger charge is -2.17. The summed E-state index contributed by atoms with van der Waals surface area (Å²) in [5.41, 5.74) is 1.71. The van der Waals surface area contributed by atoms with Crippen LogP contribution in [0.25, 0.3) is 0 Å². The van der Waals surface area contributed by atoms with Crippen molar-refractivity contribution in [3.05, 3.63) is 35.4 Å². The predicted molar refractivity (Wildman–Crippen MR) is 72.8 cm³/mol. The number of ether oxygens (including phenoxy) is 1. The highest BCUT2D eigenvalue weighted by molar-refractivity contribution is 5.94. The second-order valence-electron chi connectivity index (χ2n) is 5.06. The van der Waals surface area contributed by atoms with Crippen molar-refractivity contribution in [3.63, 3.8) is 0 Å². The van der Waals surface area contributed by atoms with E-state index in [9.17, 15) is 4.79 Å². The Hall–Kier alpha value is -1.39. The number of aliphatic hydroxyl groups excluding tert-OH is 1. The van der Waals surface area contributed by atoms with Crippen LogP contribution >= 0.6 is 0 Å². The Bertz CT molecular complexity index is 412. The topological polar surface area (TPSA) is 58.6 Å². The molecule has 2 rings (SSSR count). The molecule has 0 heterocycles. The SMILES string of the molecule is COCc1ccc(C(=O)NC(CCO)C2CC2)cc1. The van der Waals surface area contributed by atoms with Gasteiger partial charge in [0, 0.05) is 25.3 Å². The van der Waals surface area contributed by atoms with Crippen LogP contribution in [-0.2, 0) is 11.3 Å². The monoisotopic (exact) mass is 263 g/mol. The number of benzene rings is 1. The first-order chi connectivity index (χ1) is 9.24. The average molecular weight is 263 g/mol. The van der Waals surface area contributed by atoms with Gasteiger partial charge >= 0.3 is 0 Å². The lowest BCUT2D eigenvalue weighted by atomic mass is 10.1. The number of carbonyl (C=O) groups excluding carboxylic acids is 1. The van der Waals surface area contributed by atoms with Gasteiger partial charge in [0.25, 0.3) is 5.91 Å². The van der Waals surface area contributed by atoms with Gasteiger partial charge in [-0.15, -0.1) is 0 Å². The van der Waals surface area contributed by atoms with Crippen LogP contribution in [0.5, 0.6) is 0 Å². The number of hydrogen-bond acceptors (Lipinski definition) is 3. The van der Waals surface area contributed by atoms with Crippen molar-refractivity contribution in [2.24, 2.45) is 5.92 Å². The smallest absolute Gasteiger partial charge is 0.251 e. The summed E-state index contributed by atoms with van der Waals surface area (Å²) in [5.74, 6) is 0.484. The van der Waals surface area contributed by atoms with E-state index in [1.165, 1.54) is 0 Å². The van der Waals surface area contributed by atoms with Crippen molar-refractivity contribution in [2.45, 2.75) is 31.9 Å². The Balaban J connectivity index is 1.94. The molecule has 1 aromatic rings. The zero-order chi connectivity index (χ0) is 13.7. The van der Waals surface area contributed by atoms with E-state index in [-0.39, 0.29) is 18.6 Å². The lowest BCUT2D eigenvalue weighted by molar-refractivity contribution is 0.0924. The fourth-order valence-corrected chi connectivity index (χ4v) is 2.23. The number of carbonyl (C=O) groups is 1. The maximum Gasteiger partial charge on any atom is 0.251 e. The van der Waals surface area contributed by atoms with Crippen LogP contribution < -0.4 is 5.32 Å². The van der Waals surface area contributed by atoms with Gasteiger partial charge in [-0.05, 0) is 42.9 Å². The molecule has 1 aliphatic rings. The third-order valence-electron chi connectivity index (χ3n) is 3.47. The molecule has 1 atom stereocenters. The number of amides is 1. The molecule has 2 N–H and O–H groups in total. The fourth-order valence-electron chi connectivity index (χ4n) is 2.23. The molecule has 1 amide bonds. The summed E-state index contributed by atoms with van der Waals surface area (Å²) in [4.78, 5) is 12.1. The minimum atomic E-state index is -0.0608. The largest absolute Gasteiger partial charge is 0.396 e. The van der Waals surface area contributed by atoms with E-state index in [1.807, 2.05) is 24.3 Å². The van der Waals surface area contributed by atoms with Crippen LogP contribution in [0.15, 0.2) is 24.3 Å². The van der Waals surface area contributed by atoms with Crippen LogP contribution in [-0.4, -0.2) is 30.8 Å². The molecule has 0 aliphatic heterocycles. The Morgan fingerprint density at radius 1 is 1.42 bits per heavy atom. The molecule has 0 radical (unpaired) electrons. The number of rotatable bonds is 7. The summed E-state index contributed by atoms with van der Waals surface area (Å²) in [5, 5.41) is 12.0. The molecule has 0 aromatic heterocycles. The molecule has 1 aliphatic carbocycles. The highest BCUT2D eigenvalue weighted by Crippen LogP contribution is 2.34. The van der Waals surface area contributed by atoms with Crippen molar-refractivity contribution >= 4 is 5.91 Å². The normalized spacial score (nSPS) is 16.1. The number of methoxy groups -OCH3 is 1. The summed E-state index contributed by atoms with van der Waals surface area (Å²) in [6.07, 6.45) is 2.94. The molecule has 0 saturated heterocycles. The summed E-state index contributed by atoms with van der Waals surface area (Å²) < 4.78 is 5.04. The summed E-state index contributed by atoms with van der Waals surface area (Å²) in [7, 11) is 1.65. The molecule has 0 spiro atoms. The molecule has 1 unspecified atom stereocenters. The minimum absolute atomic E-state index is 0.0608. The Morgan fingerprint density at radius 3 is 2.63 bits per heavy atom. The van der Waals surface area contributed by atoms with Gasteiger partial charge < -0.3 is 15.2 Å². The molecule has 4 nitrogen and oxygen atoms in total. The Morgan fingerprint density at radius 2 is 2.11 bits per heavy atom. The molecule has 1 saturated carbocycles. The first-order valence-electron chi connectivity index (χ1n) is 6.74.